The Labute approximate surface area is 295 Å². The molecule has 0 bridgehead atoms. The molecule has 2 heterocycles. The summed E-state index contributed by atoms with van der Waals surface area (Å²) in [5.41, 5.74) is 19.3. The summed E-state index contributed by atoms with van der Waals surface area (Å²) in [6, 6.07) is 36.0. The van der Waals surface area contributed by atoms with Crippen LogP contribution in [0.25, 0.3) is 39.4 Å². The molecule has 2 nitrogen and oxygen atoms in total. The van der Waals surface area contributed by atoms with Crippen LogP contribution in [0.3, 0.4) is 0 Å². The van der Waals surface area contributed by atoms with E-state index in [1.165, 1.54) is 83.9 Å². The van der Waals surface area contributed by atoms with Crippen molar-refractivity contribution in [2.75, 3.05) is 4.90 Å². The quantitative estimate of drug-likeness (QED) is 0.185. The number of nitrogens with zero attached hydrogens (tertiary/aromatic N) is 2. The molecule has 5 aromatic rings. The smallest absolute Gasteiger partial charge is 0.0534 e. The second-order valence-corrected chi connectivity index (χ2v) is 14.2. The lowest BCUT2D eigenvalue weighted by molar-refractivity contribution is 0.828. The van der Waals surface area contributed by atoms with Crippen LogP contribution in [-0.4, -0.2) is 4.57 Å². The minimum absolute atomic E-state index is 0.292. The number of fused-ring (bicyclic) bond motifs is 6. The Morgan fingerprint density at radius 2 is 1.38 bits per heavy atom. The molecule has 242 valence electrons. The third kappa shape index (κ3) is 4.85. The van der Waals surface area contributed by atoms with Crippen LogP contribution in [0.4, 0.5) is 11.4 Å². The summed E-state index contributed by atoms with van der Waals surface area (Å²) in [6.07, 6.45) is 28.7. The van der Waals surface area contributed by atoms with Gasteiger partial charge in [0.1, 0.15) is 0 Å². The van der Waals surface area contributed by atoms with Gasteiger partial charge in [0.15, 0.2) is 0 Å². The van der Waals surface area contributed by atoms with E-state index in [0.717, 1.165) is 44.9 Å². The molecule has 1 aliphatic heterocycles. The molecule has 50 heavy (non-hydrogen) atoms. The van der Waals surface area contributed by atoms with Crippen molar-refractivity contribution in [2.24, 2.45) is 0 Å². The lowest BCUT2D eigenvalue weighted by Gasteiger charge is -2.26. The van der Waals surface area contributed by atoms with Gasteiger partial charge >= 0.3 is 0 Å². The number of aromatic nitrogens is 1. The van der Waals surface area contributed by atoms with Gasteiger partial charge in [-0.2, -0.15) is 0 Å². The Morgan fingerprint density at radius 3 is 2.18 bits per heavy atom. The standard InChI is InChI=1S/C48H40N2/c1-5-13-33(14-6-1)35-21-25-45-41(29-35)43-31-37(23-27-47(43)49(45)39-17-9-3-10-18-39)38-24-28-48-44(32-38)42-30-36(34-15-7-2-8-16-34)22-26-46(42)50(48)40-19-11-4-12-20-40/h1-7,9-11,13-15,17-19,21,23-25,27-30,32,43H,8,12,16,20,22,26,31H2. The monoisotopic (exact) mass is 644 g/mol. The summed E-state index contributed by atoms with van der Waals surface area (Å²) in [7, 11) is 0. The van der Waals surface area contributed by atoms with Crippen molar-refractivity contribution in [1.29, 1.82) is 0 Å². The Balaban J connectivity index is 1.09. The van der Waals surface area contributed by atoms with Crippen LogP contribution in [-0.2, 0) is 6.42 Å². The topological polar surface area (TPSA) is 8.17 Å². The molecule has 0 saturated heterocycles. The molecule has 5 aliphatic rings. The number of rotatable bonds is 5. The molecule has 0 spiro atoms. The highest BCUT2D eigenvalue weighted by atomic mass is 15.2. The average Bonchev–Trinajstić information content (AvgIpc) is 3.70. The first-order chi connectivity index (χ1) is 24.8. The minimum Gasteiger partial charge on any atom is -0.317 e. The fraction of sp³-hybridized carbons (Fsp3) is 0.167. The SMILES string of the molecule is C1=CCCC(C2=Cc3c(n(C4=CC=CCC4)c4ccc(C5=CC=C6C(C5)c5cc(-c7ccccc7)ccc5N6c5ccccc5)cc34)CC2)=C1. The summed E-state index contributed by atoms with van der Waals surface area (Å²) >= 11 is 0. The van der Waals surface area contributed by atoms with Crippen molar-refractivity contribution in [3.63, 3.8) is 0 Å². The van der Waals surface area contributed by atoms with Gasteiger partial charge in [-0.1, -0.05) is 97.1 Å². The lowest BCUT2D eigenvalue weighted by atomic mass is 9.83. The Bertz CT molecular complexity index is 2390. The minimum atomic E-state index is 0.292. The van der Waals surface area contributed by atoms with Gasteiger partial charge in [-0.3, -0.25) is 0 Å². The summed E-state index contributed by atoms with van der Waals surface area (Å²) in [5.74, 6) is 0.292. The van der Waals surface area contributed by atoms with Crippen molar-refractivity contribution >= 4 is 39.6 Å². The maximum Gasteiger partial charge on any atom is 0.0534 e. The molecule has 1 aromatic heterocycles. The predicted molar refractivity (Wildman–Crippen MR) is 211 cm³/mol. The Kier molecular flexibility index (Phi) is 7.08. The zero-order valence-corrected chi connectivity index (χ0v) is 28.4. The van der Waals surface area contributed by atoms with Crippen LogP contribution < -0.4 is 4.90 Å². The highest BCUT2D eigenvalue weighted by molar-refractivity contribution is 5.97. The van der Waals surface area contributed by atoms with Crippen LogP contribution in [0.15, 0.2) is 163 Å². The van der Waals surface area contributed by atoms with Crippen LogP contribution in [0, 0.1) is 0 Å². The third-order valence-electron chi connectivity index (χ3n) is 11.4. The first kappa shape index (κ1) is 29.3. The predicted octanol–water partition coefficient (Wildman–Crippen LogP) is 12.7. The van der Waals surface area contributed by atoms with E-state index in [1.807, 2.05) is 0 Å². The van der Waals surface area contributed by atoms with E-state index in [-0.39, 0.29) is 0 Å². The first-order valence-corrected chi connectivity index (χ1v) is 18.4. The molecular formula is C48H40N2. The van der Waals surface area contributed by atoms with Gasteiger partial charge in [0.25, 0.3) is 0 Å². The Hall–Kier alpha value is -5.60. The maximum absolute atomic E-state index is 2.60. The molecule has 4 aromatic carbocycles. The van der Waals surface area contributed by atoms with E-state index < -0.39 is 0 Å². The molecule has 0 radical (unpaired) electrons. The van der Waals surface area contributed by atoms with Gasteiger partial charge in [0.2, 0.25) is 0 Å². The van der Waals surface area contributed by atoms with Gasteiger partial charge in [0, 0.05) is 45.3 Å². The van der Waals surface area contributed by atoms with E-state index in [0.29, 0.717) is 5.92 Å². The average molecular weight is 645 g/mol. The molecule has 4 aliphatic carbocycles. The van der Waals surface area contributed by atoms with Crippen LogP contribution in [0.5, 0.6) is 0 Å². The fourth-order valence-corrected chi connectivity index (χ4v) is 8.96. The van der Waals surface area contributed by atoms with Crippen molar-refractivity contribution in [1.82, 2.24) is 4.57 Å². The summed E-state index contributed by atoms with van der Waals surface area (Å²) in [5, 5.41) is 1.39. The highest BCUT2D eigenvalue weighted by Crippen LogP contribution is 2.54. The number of hydrogen-bond donors (Lipinski definition) is 0. The van der Waals surface area contributed by atoms with Crippen LogP contribution in [0.2, 0.25) is 0 Å². The first-order valence-electron chi connectivity index (χ1n) is 18.4. The van der Waals surface area contributed by atoms with Crippen LogP contribution in [0.1, 0.15) is 66.8 Å². The summed E-state index contributed by atoms with van der Waals surface area (Å²) < 4.78 is 2.60. The maximum atomic E-state index is 2.60. The zero-order chi connectivity index (χ0) is 33.0. The molecular weight excluding hydrogens is 605 g/mol. The zero-order valence-electron chi connectivity index (χ0n) is 28.4. The van der Waals surface area contributed by atoms with Gasteiger partial charge < -0.3 is 9.47 Å². The van der Waals surface area contributed by atoms with Gasteiger partial charge in [0.05, 0.1) is 5.52 Å². The number of para-hydroxylation sites is 1. The van der Waals surface area contributed by atoms with Crippen LogP contribution >= 0.6 is 0 Å². The van der Waals surface area contributed by atoms with Gasteiger partial charge in [-0.05, 0) is 139 Å². The molecule has 1 atom stereocenters. The molecule has 0 saturated carbocycles. The molecule has 0 amide bonds. The fourth-order valence-electron chi connectivity index (χ4n) is 8.96. The van der Waals surface area contributed by atoms with E-state index in [1.54, 1.807) is 0 Å². The van der Waals surface area contributed by atoms with Crippen molar-refractivity contribution in [2.45, 2.75) is 50.9 Å². The molecule has 2 heteroatoms. The van der Waals surface area contributed by atoms with E-state index >= 15 is 0 Å². The normalized spacial score (nSPS) is 19.2. The van der Waals surface area contributed by atoms with E-state index in [2.05, 4.69) is 161 Å². The lowest BCUT2D eigenvalue weighted by Crippen LogP contribution is -2.15. The number of anilines is 2. The Morgan fingerprint density at radius 1 is 0.580 bits per heavy atom. The molecule has 1 unspecified atom stereocenters. The number of benzene rings is 4. The number of allylic oxidation sites excluding steroid dienone is 13. The third-order valence-corrected chi connectivity index (χ3v) is 11.4. The van der Waals surface area contributed by atoms with Gasteiger partial charge in [-0.25, -0.2) is 0 Å². The second-order valence-electron chi connectivity index (χ2n) is 14.2. The molecule has 0 fully saturated rings. The second kappa shape index (κ2) is 12.1. The largest absolute Gasteiger partial charge is 0.317 e. The van der Waals surface area contributed by atoms with E-state index in [9.17, 15) is 0 Å². The van der Waals surface area contributed by atoms with Crippen molar-refractivity contribution in [3.05, 3.63) is 185 Å². The molecule has 0 N–H and O–H groups in total. The summed E-state index contributed by atoms with van der Waals surface area (Å²) in [6.45, 7) is 0. The van der Waals surface area contributed by atoms with Gasteiger partial charge in [-0.15, -0.1) is 0 Å². The molecule has 10 rings (SSSR count). The van der Waals surface area contributed by atoms with Crippen molar-refractivity contribution < 1.29 is 0 Å². The summed E-state index contributed by atoms with van der Waals surface area (Å²) in [4.78, 5) is 2.48. The number of hydrogen-bond acceptors (Lipinski definition) is 1. The van der Waals surface area contributed by atoms with Crippen molar-refractivity contribution in [3.8, 4) is 11.1 Å². The van der Waals surface area contributed by atoms with E-state index in [4.69, 9.17) is 0 Å². The highest BCUT2D eigenvalue weighted by Gasteiger charge is 2.37.